The van der Waals surface area contributed by atoms with E-state index in [1.165, 1.54) is 0 Å². The lowest BCUT2D eigenvalue weighted by Crippen LogP contribution is -2.62. The number of esters is 4. The van der Waals surface area contributed by atoms with Crippen LogP contribution in [-0.2, 0) is 23.7 Å². The molecule has 294 valence electrons. The van der Waals surface area contributed by atoms with Gasteiger partial charge in [0.15, 0.2) is 75.8 Å². The summed E-state index contributed by atoms with van der Waals surface area (Å²) >= 11 is 0. The Bertz CT molecular complexity index is 2290. The average Bonchev–Trinajstić information content (AvgIpc) is 3.14. The fraction of sp³-hybridized carbons (Fsp3) is 0.176. The molecule has 6 rings (SSSR count). The Morgan fingerprint density at radius 1 is 0.554 bits per heavy atom. The molecule has 4 aromatic rings. The Morgan fingerprint density at radius 2 is 0.964 bits per heavy atom. The number of fused-ring (bicyclic) bond motifs is 5. The zero-order valence-corrected chi connectivity index (χ0v) is 27.5. The summed E-state index contributed by atoms with van der Waals surface area (Å²) in [6.07, 6.45) is -11.2. The molecule has 22 nitrogen and oxygen atoms in total. The summed E-state index contributed by atoms with van der Waals surface area (Å²) < 4.78 is 27.0. The van der Waals surface area contributed by atoms with Crippen molar-refractivity contribution in [2.75, 3.05) is 6.61 Å². The third-order valence-corrected chi connectivity index (χ3v) is 8.51. The van der Waals surface area contributed by atoms with Gasteiger partial charge in [-0.1, -0.05) is 0 Å². The van der Waals surface area contributed by atoms with Crippen LogP contribution in [0.2, 0.25) is 0 Å². The molecule has 5 atom stereocenters. The van der Waals surface area contributed by atoms with E-state index in [0.717, 1.165) is 0 Å². The highest BCUT2D eigenvalue weighted by molar-refractivity contribution is 6.08. The summed E-state index contributed by atoms with van der Waals surface area (Å²) in [5.41, 5.74) is -5.32. The van der Waals surface area contributed by atoms with Crippen molar-refractivity contribution in [3.8, 4) is 80.1 Å². The zero-order chi connectivity index (χ0) is 41.1. The molecule has 2 bridgehead atoms. The number of carbonyl (C=O) groups is 4. The predicted molar refractivity (Wildman–Crippen MR) is 174 cm³/mol. The highest BCUT2D eigenvalue weighted by Crippen LogP contribution is 2.53. The van der Waals surface area contributed by atoms with Crippen molar-refractivity contribution in [1.29, 1.82) is 0 Å². The number of phenols is 12. The SMILES string of the molecule is O=C(O[C@@H]1O[C@@H]2COC(=O)c3cc(O)c(O)c(O)c3-c3c(cc(O)c(O)c3O)C(=O)O[C@H]([C@H]1O)[C@@H]2OC(=O)c1cc(O)c(O)c(O)c1)c1cc(O)c(O)c(O)c1. The van der Waals surface area contributed by atoms with Crippen molar-refractivity contribution in [1.82, 2.24) is 0 Å². The molecule has 0 aromatic heterocycles. The minimum Gasteiger partial charge on any atom is -0.504 e. The molecule has 0 saturated carbocycles. The van der Waals surface area contributed by atoms with Gasteiger partial charge in [0.2, 0.25) is 17.8 Å². The Labute approximate surface area is 309 Å². The number of phenolic OH excluding ortho intramolecular Hbond substituents is 12. The van der Waals surface area contributed by atoms with Crippen molar-refractivity contribution in [2.45, 2.75) is 30.7 Å². The van der Waals surface area contributed by atoms with Crippen LogP contribution in [0.25, 0.3) is 11.1 Å². The van der Waals surface area contributed by atoms with Crippen molar-refractivity contribution in [3.05, 3.63) is 58.7 Å². The van der Waals surface area contributed by atoms with Crippen LogP contribution in [0.5, 0.6) is 69.0 Å². The van der Waals surface area contributed by atoms with E-state index in [1.54, 1.807) is 0 Å². The van der Waals surface area contributed by atoms with Crippen LogP contribution in [0, 0.1) is 0 Å². The fourth-order valence-electron chi connectivity index (χ4n) is 5.75. The minimum absolute atomic E-state index is 0.435. The van der Waals surface area contributed by atoms with Gasteiger partial charge in [-0.2, -0.15) is 0 Å². The number of aromatic hydroxyl groups is 12. The maximum atomic E-state index is 14.0. The normalized spacial score (nSPS) is 20.6. The summed E-state index contributed by atoms with van der Waals surface area (Å²) in [6, 6.07) is 3.45. The van der Waals surface area contributed by atoms with E-state index in [-0.39, 0.29) is 0 Å². The second kappa shape index (κ2) is 13.9. The molecule has 0 radical (unpaired) electrons. The molecule has 2 heterocycles. The Morgan fingerprint density at radius 3 is 1.43 bits per heavy atom. The number of hydrogen-bond acceptors (Lipinski definition) is 22. The largest absolute Gasteiger partial charge is 0.504 e. The molecule has 56 heavy (non-hydrogen) atoms. The van der Waals surface area contributed by atoms with Crippen LogP contribution in [-0.4, -0.2) is 128 Å². The molecule has 1 saturated heterocycles. The smallest absolute Gasteiger partial charge is 0.340 e. The molecule has 22 heteroatoms. The quantitative estimate of drug-likeness (QED) is 0.0768. The molecule has 2 aliphatic heterocycles. The van der Waals surface area contributed by atoms with Crippen LogP contribution in [0.4, 0.5) is 0 Å². The first-order valence-corrected chi connectivity index (χ1v) is 15.5. The second-order valence-electron chi connectivity index (χ2n) is 12.0. The van der Waals surface area contributed by atoms with Gasteiger partial charge in [0.1, 0.15) is 12.7 Å². The Balaban J connectivity index is 1.51. The molecule has 4 aromatic carbocycles. The Kier molecular flexibility index (Phi) is 9.45. The molecular weight excluding hydrogens is 760 g/mol. The predicted octanol–water partition coefficient (Wildman–Crippen LogP) is 0.685. The third-order valence-electron chi connectivity index (χ3n) is 8.51. The number of hydrogen-bond donors (Lipinski definition) is 13. The lowest BCUT2D eigenvalue weighted by molar-refractivity contribution is -0.283. The first kappa shape index (κ1) is 38.0. The van der Waals surface area contributed by atoms with E-state index in [2.05, 4.69) is 0 Å². The maximum absolute atomic E-state index is 14.0. The summed E-state index contributed by atoms with van der Waals surface area (Å²) in [5.74, 6) is -20.1. The molecule has 13 N–H and O–H groups in total. The van der Waals surface area contributed by atoms with E-state index >= 15 is 0 Å². The van der Waals surface area contributed by atoms with Gasteiger partial charge in [-0.05, 0) is 36.4 Å². The van der Waals surface area contributed by atoms with Gasteiger partial charge in [0.25, 0.3) is 0 Å². The van der Waals surface area contributed by atoms with E-state index in [0.29, 0.717) is 36.4 Å². The molecule has 0 unspecified atom stereocenters. The molecule has 0 spiro atoms. The number of rotatable bonds is 4. The summed E-state index contributed by atoms with van der Waals surface area (Å²) in [7, 11) is 0. The number of ether oxygens (including phenoxy) is 5. The van der Waals surface area contributed by atoms with Gasteiger partial charge in [-0.25, -0.2) is 19.2 Å². The lowest BCUT2D eigenvalue weighted by Gasteiger charge is -2.42. The van der Waals surface area contributed by atoms with Crippen molar-refractivity contribution >= 4 is 23.9 Å². The van der Waals surface area contributed by atoms with E-state index in [1.807, 2.05) is 0 Å². The molecule has 2 aliphatic rings. The molecular formula is C34H26O22. The van der Waals surface area contributed by atoms with Gasteiger partial charge in [0.05, 0.1) is 22.3 Å². The zero-order valence-electron chi connectivity index (χ0n) is 27.5. The fourth-order valence-corrected chi connectivity index (χ4v) is 5.75. The summed E-state index contributed by atoms with van der Waals surface area (Å²) in [6.45, 7) is -1.14. The number of benzene rings is 4. The van der Waals surface area contributed by atoms with Crippen molar-refractivity contribution in [3.63, 3.8) is 0 Å². The number of aliphatic hydroxyl groups excluding tert-OH is 1. The summed E-state index contributed by atoms with van der Waals surface area (Å²) in [4.78, 5) is 54.1. The summed E-state index contributed by atoms with van der Waals surface area (Å²) in [5, 5.41) is 134. The average molecular weight is 787 g/mol. The number of aliphatic hydroxyl groups is 1. The first-order valence-electron chi connectivity index (χ1n) is 15.5. The maximum Gasteiger partial charge on any atom is 0.340 e. The number of carbonyl (C=O) groups excluding carboxylic acids is 4. The van der Waals surface area contributed by atoms with Crippen LogP contribution in [0.15, 0.2) is 36.4 Å². The van der Waals surface area contributed by atoms with Gasteiger partial charge >= 0.3 is 23.9 Å². The number of cyclic esters (lactones) is 1. The first-order chi connectivity index (χ1) is 26.3. The van der Waals surface area contributed by atoms with Crippen LogP contribution in [0.1, 0.15) is 41.4 Å². The molecule has 0 aliphatic carbocycles. The van der Waals surface area contributed by atoms with Gasteiger partial charge in [-0.15, -0.1) is 0 Å². The molecule has 0 amide bonds. The van der Waals surface area contributed by atoms with Gasteiger partial charge in [-0.3, -0.25) is 0 Å². The van der Waals surface area contributed by atoms with Gasteiger partial charge < -0.3 is 90.1 Å². The van der Waals surface area contributed by atoms with Crippen LogP contribution < -0.4 is 0 Å². The highest BCUT2D eigenvalue weighted by Gasteiger charge is 2.53. The van der Waals surface area contributed by atoms with Crippen molar-refractivity contribution in [2.24, 2.45) is 0 Å². The second-order valence-corrected chi connectivity index (χ2v) is 12.0. The monoisotopic (exact) mass is 786 g/mol. The molecule has 1 fully saturated rings. The third kappa shape index (κ3) is 6.45. The lowest BCUT2D eigenvalue weighted by atomic mass is 9.91. The Hall–Kier alpha value is -7.72. The van der Waals surface area contributed by atoms with Crippen molar-refractivity contribution < 1.29 is 109 Å². The topological polar surface area (TPSA) is 377 Å². The van der Waals surface area contributed by atoms with Crippen LogP contribution in [0.3, 0.4) is 0 Å². The minimum atomic E-state index is -2.44. The van der Waals surface area contributed by atoms with E-state index in [4.69, 9.17) is 23.7 Å². The van der Waals surface area contributed by atoms with E-state index in [9.17, 15) is 85.6 Å². The van der Waals surface area contributed by atoms with Crippen LogP contribution >= 0.6 is 0 Å². The highest BCUT2D eigenvalue weighted by atomic mass is 16.7. The standard InChI is InChI=1S/C34H26O22/c35-12-1-8(2-13(36)21(12)41)30(48)54-28-18-7-52-32(50)10-5-16(39)23(43)25(45)19(10)20-11(6-17(40)24(44)26(20)46)33(51)55-29(28)27(47)34(53-18)56-31(49)9-3-14(37)22(42)15(38)4-9/h1-6,18,27-29,34-47H,7H2/t18-,27-,28-,29-,34+/m1/s1. The van der Waals surface area contributed by atoms with E-state index < -0.39 is 164 Å². The van der Waals surface area contributed by atoms with Gasteiger partial charge in [0, 0.05) is 11.1 Å².